The molecule has 2 aliphatic heterocycles. The number of aliphatic imine (C=N–C) groups is 1. The van der Waals surface area contributed by atoms with E-state index < -0.39 is 22.1 Å². The third-order valence-electron chi connectivity index (χ3n) is 8.06. The van der Waals surface area contributed by atoms with E-state index in [1.54, 1.807) is 9.80 Å². The number of amidine groups is 1. The first kappa shape index (κ1) is 37.6. The van der Waals surface area contributed by atoms with Crippen LogP contribution >= 0.6 is 35.6 Å². The number of halogens is 3. The molecule has 250 valence electrons. The Hall–Kier alpha value is -2.82. The van der Waals surface area contributed by atoms with Gasteiger partial charge in [-0.3, -0.25) is 9.89 Å². The Labute approximate surface area is 289 Å². The van der Waals surface area contributed by atoms with Crippen LogP contribution in [0.3, 0.4) is 0 Å². The molecule has 1 fully saturated rings. The number of nitrogens with zero attached hydrogens (tertiary/aromatic N) is 4. The summed E-state index contributed by atoms with van der Waals surface area (Å²) >= 11 is 12.5. The lowest BCUT2D eigenvalue weighted by atomic mass is 9.86. The van der Waals surface area contributed by atoms with Crippen molar-refractivity contribution in [3.05, 3.63) is 99.0 Å². The van der Waals surface area contributed by atoms with E-state index in [0.717, 1.165) is 16.7 Å². The molecule has 2 heterocycles. The van der Waals surface area contributed by atoms with Gasteiger partial charge in [0.1, 0.15) is 17.6 Å². The van der Waals surface area contributed by atoms with Crippen LogP contribution in [-0.4, -0.2) is 73.4 Å². The van der Waals surface area contributed by atoms with Crippen LogP contribution in [0.4, 0.5) is 4.79 Å². The highest BCUT2D eigenvalue weighted by molar-refractivity contribution is 7.88. The maximum Gasteiger partial charge on any atom is 0.326 e. The Balaban J connectivity index is 0.00000288. The number of sulfonamides is 1. The van der Waals surface area contributed by atoms with Gasteiger partial charge in [0.15, 0.2) is 0 Å². The summed E-state index contributed by atoms with van der Waals surface area (Å²) in [6, 6.07) is 19.8. The van der Waals surface area contributed by atoms with Gasteiger partial charge in [-0.1, -0.05) is 81.7 Å². The summed E-state index contributed by atoms with van der Waals surface area (Å²) in [6.45, 7) is 9.77. The first-order chi connectivity index (χ1) is 20.8. The van der Waals surface area contributed by atoms with Crippen LogP contribution in [0.1, 0.15) is 69.5 Å². The zero-order valence-electron chi connectivity index (χ0n) is 26.0. The number of rotatable bonds is 6. The fourth-order valence-corrected chi connectivity index (χ4v) is 6.74. The maximum absolute atomic E-state index is 14.6. The third kappa shape index (κ3) is 8.00. The number of carbonyl (C=O) groups excluding carboxylic acids is 1. The summed E-state index contributed by atoms with van der Waals surface area (Å²) in [7, 11) is -3.36. The molecule has 2 amide bonds. The second kappa shape index (κ2) is 14.9. The Morgan fingerprint density at radius 1 is 0.913 bits per heavy atom. The standard InChI is InChI=1S/C33H38Cl2N4O4S.CH4.ClH/c1-6-43-28-21-24(33(2,3)4)11-16-27(28)31-36-29(22-7-12-25(34)13-8-22)30(23-9-14-26(35)15-10-23)39(31)32(40)37-17-19-38(20-18-37)44(5,41)42;;/h7-16,21,29-30H,6,17-20H2,1-5H3;1H4;1H/t29-,30+;;/m0../s1. The van der Waals surface area contributed by atoms with Crippen LogP contribution in [0.15, 0.2) is 71.7 Å². The third-order valence-corrected chi connectivity index (χ3v) is 9.87. The predicted octanol–water partition coefficient (Wildman–Crippen LogP) is 7.99. The van der Waals surface area contributed by atoms with Gasteiger partial charge < -0.3 is 9.64 Å². The largest absolute Gasteiger partial charge is 0.493 e. The molecule has 8 nitrogen and oxygen atoms in total. The lowest BCUT2D eigenvalue weighted by Crippen LogP contribution is -2.55. The first-order valence-corrected chi connectivity index (χ1v) is 17.3. The summed E-state index contributed by atoms with van der Waals surface area (Å²) in [4.78, 5) is 23.3. The van der Waals surface area contributed by atoms with Crippen LogP contribution in [0.25, 0.3) is 0 Å². The highest BCUT2D eigenvalue weighted by atomic mass is 35.5. The zero-order valence-corrected chi connectivity index (χ0v) is 29.2. The van der Waals surface area contributed by atoms with Crippen molar-refractivity contribution in [2.75, 3.05) is 39.0 Å². The summed E-state index contributed by atoms with van der Waals surface area (Å²) in [6.07, 6.45) is 1.19. The molecule has 0 aliphatic carbocycles. The second-order valence-corrected chi connectivity index (χ2v) is 15.0. The molecule has 0 spiro atoms. The summed E-state index contributed by atoms with van der Waals surface area (Å²) in [5.41, 5.74) is 3.45. The van der Waals surface area contributed by atoms with E-state index in [2.05, 4.69) is 26.8 Å². The van der Waals surface area contributed by atoms with Gasteiger partial charge in [0, 0.05) is 36.2 Å². The van der Waals surface area contributed by atoms with Crippen molar-refractivity contribution in [2.45, 2.75) is 52.6 Å². The molecule has 12 heteroatoms. The quantitative estimate of drug-likeness (QED) is 0.260. The molecular weight excluding hydrogens is 667 g/mol. The number of ether oxygens (including phenoxy) is 1. The summed E-state index contributed by atoms with van der Waals surface area (Å²) in [5, 5.41) is 1.19. The van der Waals surface area contributed by atoms with Gasteiger partial charge in [-0.15, -0.1) is 12.4 Å². The number of carbonyl (C=O) groups is 1. The van der Waals surface area contributed by atoms with Gasteiger partial charge in [0.05, 0.1) is 24.5 Å². The van der Waals surface area contributed by atoms with Crippen molar-refractivity contribution >= 4 is 57.5 Å². The van der Waals surface area contributed by atoms with Crippen molar-refractivity contribution in [1.29, 1.82) is 0 Å². The molecule has 46 heavy (non-hydrogen) atoms. The van der Waals surface area contributed by atoms with Crippen molar-refractivity contribution in [2.24, 2.45) is 4.99 Å². The smallest absolute Gasteiger partial charge is 0.326 e. The molecule has 0 unspecified atom stereocenters. The van der Waals surface area contributed by atoms with Gasteiger partial charge in [-0.2, -0.15) is 4.31 Å². The average Bonchev–Trinajstić information content (AvgIpc) is 3.37. The van der Waals surface area contributed by atoms with Crippen molar-refractivity contribution in [3.63, 3.8) is 0 Å². The fourth-order valence-electron chi connectivity index (χ4n) is 5.67. The Morgan fingerprint density at radius 2 is 1.46 bits per heavy atom. The van der Waals surface area contributed by atoms with Crippen molar-refractivity contribution < 1.29 is 17.9 Å². The molecular formula is C34H43Cl3N4O4S. The van der Waals surface area contributed by atoms with Gasteiger partial charge in [-0.25, -0.2) is 13.2 Å². The Kier molecular flexibility index (Phi) is 12.2. The number of urea groups is 1. The van der Waals surface area contributed by atoms with Crippen molar-refractivity contribution in [1.82, 2.24) is 14.1 Å². The lowest BCUT2D eigenvalue weighted by Gasteiger charge is -2.38. The molecule has 0 radical (unpaired) electrons. The number of hydrogen-bond acceptors (Lipinski definition) is 5. The molecule has 3 aromatic carbocycles. The number of hydrogen-bond donors (Lipinski definition) is 0. The van der Waals surface area contributed by atoms with Gasteiger partial charge in [0.2, 0.25) is 10.0 Å². The van der Waals surface area contributed by atoms with Gasteiger partial charge in [0.25, 0.3) is 0 Å². The number of benzene rings is 3. The normalized spacial score (nSPS) is 18.8. The maximum atomic E-state index is 14.6. The SMILES string of the molecule is C.CCOc1cc(C(C)(C)C)ccc1C1=N[C@@H](c2ccc(Cl)cc2)[C@@H](c2ccc(Cl)cc2)N1C(=O)N1CCN(S(C)(=O)=O)CC1.Cl. The van der Waals surface area contributed by atoms with E-state index in [-0.39, 0.29) is 57.5 Å². The number of amides is 2. The minimum atomic E-state index is -3.36. The first-order valence-electron chi connectivity index (χ1n) is 14.7. The minimum Gasteiger partial charge on any atom is -0.493 e. The van der Waals surface area contributed by atoms with E-state index in [0.29, 0.717) is 33.8 Å². The van der Waals surface area contributed by atoms with Crippen LogP contribution in [0, 0.1) is 0 Å². The summed E-state index contributed by atoms with van der Waals surface area (Å²) < 4.78 is 32.0. The van der Waals surface area contributed by atoms with E-state index in [1.165, 1.54) is 10.6 Å². The molecule has 2 atom stereocenters. The van der Waals surface area contributed by atoms with Crippen LogP contribution in [0.2, 0.25) is 10.0 Å². The molecule has 3 aromatic rings. The zero-order chi connectivity index (χ0) is 31.8. The second-order valence-electron chi connectivity index (χ2n) is 12.1. The molecule has 5 rings (SSSR count). The lowest BCUT2D eigenvalue weighted by molar-refractivity contribution is 0.143. The topological polar surface area (TPSA) is 82.5 Å². The molecule has 0 N–H and O–H groups in total. The Morgan fingerprint density at radius 3 is 1.96 bits per heavy atom. The molecule has 0 bridgehead atoms. The predicted molar refractivity (Wildman–Crippen MR) is 190 cm³/mol. The van der Waals surface area contributed by atoms with E-state index in [1.807, 2.05) is 67.6 Å². The number of piperazine rings is 1. The van der Waals surface area contributed by atoms with Crippen LogP contribution in [-0.2, 0) is 15.4 Å². The summed E-state index contributed by atoms with van der Waals surface area (Å²) in [5.74, 6) is 1.13. The molecule has 1 saturated heterocycles. The Bertz CT molecular complexity index is 1650. The van der Waals surface area contributed by atoms with E-state index >= 15 is 0 Å². The van der Waals surface area contributed by atoms with Crippen LogP contribution < -0.4 is 4.74 Å². The van der Waals surface area contributed by atoms with E-state index in [9.17, 15) is 13.2 Å². The monoisotopic (exact) mass is 708 g/mol. The van der Waals surface area contributed by atoms with Gasteiger partial charge in [-0.05, 0) is 65.4 Å². The highest BCUT2D eigenvalue weighted by Gasteiger charge is 2.45. The molecule has 0 aromatic heterocycles. The van der Waals surface area contributed by atoms with Crippen molar-refractivity contribution in [3.8, 4) is 5.75 Å². The highest BCUT2D eigenvalue weighted by Crippen LogP contribution is 2.46. The minimum absolute atomic E-state index is 0. The molecule has 2 aliphatic rings. The average molecular weight is 710 g/mol. The molecule has 0 saturated carbocycles. The van der Waals surface area contributed by atoms with Gasteiger partial charge >= 0.3 is 6.03 Å². The fraction of sp³-hybridized carbons (Fsp3) is 0.412. The van der Waals surface area contributed by atoms with E-state index in [4.69, 9.17) is 32.9 Å². The van der Waals surface area contributed by atoms with Crippen LogP contribution in [0.5, 0.6) is 5.75 Å².